The third-order valence-corrected chi connectivity index (χ3v) is 2.08. The minimum Gasteiger partial charge on any atom is -0.372 e. The zero-order valence-corrected chi connectivity index (χ0v) is 10.8. The number of hydrogen-bond acceptors (Lipinski definition) is 3. The van der Waals surface area contributed by atoms with Crippen LogP contribution in [0.5, 0.6) is 0 Å². The van der Waals surface area contributed by atoms with E-state index in [-0.39, 0.29) is 0 Å². The molecule has 1 N–H and O–H groups in total. The first kappa shape index (κ1) is 15.2. The van der Waals surface area contributed by atoms with Crippen LogP contribution in [0, 0.1) is 6.92 Å². The molecule has 2 nitrogen and oxygen atoms in total. The second-order valence-corrected chi connectivity index (χ2v) is 3.41. The summed E-state index contributed by atoms with van der Waals surface area (Å²) in [4.78, 5) is 5.13. The summed E-state index contributed by atoms with van der Waals surface area (Å²) >= 11 is 7.10. The van der Waals surface area contributed by atoms with E-state index in [9.17, 15) is 0 Å². The molecule has 13 heavy (non-hydrogen) atoms. The van der Waals surface area contributed by atoms with Gasteiger partial charge in [0.15, 0.2) is 4.47 Å². The lowest BCUT2D eigenvalue weighted by Crippen LogP contribution is -1.88. The number of halogens is 1. The third-order valence-electron chi connectivity index (χ3n) is 1.01. The van der Waals surface area contributed by atoms with Gasteiger partial charge in [-0.25, -0.2) is 4.98 Å². The van der Waals surface area contributed by atoms with Gasteiger partial charge in [0, 0.05) is 11.9 Å². The van der Waals surface area contributed by atoms with Gasteiger partial charge in [0.2, 0.25) is 0 Å². The number of aryl methyl sites for hydroxylation is 1. The molecule has 0 unspecified atom stereocenters. The number of nitrogens with one attached hydrogen (secondary N) is 1. The molecule has 0 aliphatic carbocycles. The molecule has 0 amide bonds. The molecular formula is C9H19ClN2S. The van der Waals surface area contributed by atoms with E-state index in [4.69, 9.17) is 11.6 Å². The highest BCUT2D eigenvalue weighted by molar-refractivity contribution is 7.16. The molecular weight excluding hydrogens is 204 g/mol. The molecule has 1 aromatic heterocycles. The van der Waals surface area contributed by atoms with E-state index < -0.39 is 0 Å². The number of nitrogens with zero attached hydrogens (tertiary/aromatic N) is 1. The summed E-state index contributed by atoms with van der Waals surface area (Å²) in [6, 6.07) is 0. The quantitative estimate of drug-likeness (QED) is 0.771. The van der Waals surface area contributed by atoms with E-state index >= 15 is 0 Å². The Morgan fingerprint density at radius 2 is 1.69 bits per heavy atom. The molecule has 1 aromatic rings. The Bertz CT molecular complexity index is 211. The van der Waals surface area contributed by atoms with Gasteiger partial charge >= 0.3 is 0 Å². The molecule has 1 heterocycles. The predicted molar refractivity (Wildman–Crippen MR) is 64.1 cm³/mol. The van der Waals surface area contributed by atoms with Crippen LogP contribution < -0.4 is 5.32 Å². The second kappa shape index (κ2) is 9.81. The van der Waals surface area contributed by atoms with Gasteiger partial charge in [-0.05, 0) is 6.92 Å². The van der Waals surface area contributed by atoms with Gasteiger partial charge < -0.3 is 5.32 Å². The highest BCUT2D eigenvalue weighted by atomic mass is 35.5. The van der Waals surface area contributed by atoms with Gasteiger partial charge in [-0.1, -0.05) is 39.3 Å². The zero-order valence-electron chi connectivity index (χ0n) is 9.23. The monoisotopic (exact) mass is 222 g/mol. The van der Waals surface area contributed by atoms with E-state index in [1.807, 2.05) is 41.7 Å². The Labute approximate surface area is 90.3 Å². The van der Waals surface area contributed by atoms with Crippen LogP contribution in [0.1, 0.15) is 32.6 Å². The van der Waals surface area contributed by atoms with Gasteiger partial charge in [0.05, 0.1) is 0 Å². The molecule has 0 atom stereocenters. The molecule has 0 saturated carbocycles. The molecule has 1 rings (SSSR count). The topological polar surface area (TPSA) is 24.9 Å². The average Bonchev–Trinajstić information content (AvgIpc) is 2.51. The Hall–Kier alpha value is -0.280. The first-order valence-corrected chi connectivity index (χ1v) is 5.74. The van der Waals surface area contributed by atoms with Crippen molar-refractivity contribution in [2.45, 2.75) is 34.6 Å². The van der Waals surface area contributed by atoms with Gasteiger partial charge in [0.1, 0.15) is 5.82 Å². The minimum absolute atomic E-state index is 0.594. The van der Waals surface area contributed by atoms with Crippen LogP contribution in [0.25, 0.3) is 0 Å². The molecule has 0 bridgehead atoms. The summed E-state index contributed by atoms with van der Waals surface area (Å²) in [7, 11) is 1.83. The van der Waals surface area contributed by atoms with Crippen LogP contribution in [0.3, 0.4) is 0 Å². The predicted octanol–water partition coefficient (Wildman–Crippen LogP) is 4.20. The first-order valence-electron chi connectivity index (χ1n) is 4.54. The Morgan fingerprint density at radius 3 is 1.85 bits per heavy atom. The molecule has 0 aliphatic rings. The van der Waals surface area contributed by atoms with Crippen molar-refractivity contribution in [2.24, 2.45) is 0 Å². The fourth-order valence-electron chi connectivity index (χ4n) is 0.596. The summed E-state index contributed by atoms with van der Waals surface area (Å²) in [5.74, 6) is 0.880. The first-order chi connectivity index (χ1) is 6.24. The van der Waals surface area contributed by atoms with E-state index in [2.05, 4.69) is 10.3 Å². The number of rotatable bonds is 1. The van der Waals surface area contributed by atoms with Crippen LogP contribution in [-0.2, 0) is 0 Å². The van der Waals surface area contributed by atoms with E-state index in [0.29, 0.717) is 4.47 Å². The fourth-order valence-corrected chi connectivity index (χ4v) is 1.66. The number of anilines is 1. The third kappa shape index (κ3) is 5.88. The molecule has 0 radical (unpaired) electrons. The average molecular weight is 223 g/mol. The van der Waals surface area contributed by atoms with Gasteiger partial charge in [0.25, 0.3) is 0 Å². The Kier molecular flexibility index (Phi) is 11.5. The Morgan fingerprint density at radius 1 is 1.23 bits per heavy atom. The summed E-state index contributed by atoms with van der Waals surface area (Å²) in [5.41, 5.74) is 0. The van der Waals surface area contributed by atoms with Crippen LogP contribution in [-0.4, -0.2) is 12.0 Å². The molecule has 78 valence electrons. The molecule has 0 aromatic carbocycles. The normalized spacial score (nSPS) is 7.62. The molecule has 0 aliphatic heterocycles. The van der Waals surface area contributed by atoms with Gasteiger partial charge in [-0.3, -0.25) is 0 Å². The van der Waals surface area contributed by atoms with Crippen LogP contribution in [0.15, 0.2) is 0 Å². The molecule has 4 heteroatoms. The molecule has 0 spiro atoms. The lowest BCUT2D eigenvalue weighted by Gasteiger charge is -1.90. The smallest absolute Gasteiger partial charge is 0.185 e. The van der Waals surface area contributed by atoms with Crippen LogP contribution >= 0.6 is 22.9 Å². The highest BCUT2D eigenvalue weighted by Crippen LogP contribution is 2.24. The van der Waals surface area contributed by atoms with Gasteiger partial charge in [-0.2, -0.15) is 0 Å². The minimum atomic E-state index is 0.594. The SMILES string of the molecule is CC.CC.CNc1nc(Cl)sc1C. The van der Waals surface area contributed by atoms with Crippen molar-refractivity contribution in [1.82, 2.24) is 4.98 Å². The Balaban J connectivity index is 0. The van der Waals surface area contributed by atoms with E-state index in [0.717, 1.165) is 10.7 Å². The zero-order chi connectivity index (χ0) is 10.9. The summed E-state index contributed by atoms with van der Waals surface area (Å²) in [5, 5.41) is 2.93. The van der Waals surface area contributed by atoms with Crippen molar-refractivity contribution >= 4 is 28.8 Å². The number of thiazole rings is 1. The van der Waals surface area contributed by atoms with Crippen molar-refractivity contribution in [3.8, 4) is 0 Å². The molecule has 0 saturated heterocycles. The maximum absolute atomic E-state index is 5.61. The van der Waals surface area contributed by atoms with Crippen molar-refractivity contribution in [1.29, 1.82) is 0 Å². The largest absolute Gasteiger partial charge is 0.372 e. The summed E-state index contributed by atoms with van der Waals surface area (Å²) in [6.45, 7) is 9.98. The fraction of sp³-hybridized carbons (Fsp3) is 0.667. The summed E-state index contributed by atoms with van der Waals surface area (Å²) in [6.07, 6.45) is 0. The maximum atomic E-state index is 5.61. The second-order valence-electron chi connectivity index (χ2n) is 1.62. The lowest BCUT2D eigenvalue weighted by molar-refractivity contribution is 1.32. The van der Waals surface area contributed by atoms with Crippen molar-refractivity contribution in [3.63, 3.8) is 0 Å². The van der Waals surface area contributed by atoms with Gasteiger partial charge in [-0.15, -0.1) is 11.3 Å². The van der Waals surface area contributed by atoms with Crippen LogP contribution in [0.4, 0.5) is 5.82 Å². The summed E-state index contributed by atoms with van der Waals surface area (Å²) < 4.78 is 0.594. The van der Waals surface area contributed by atoms with Crippen molar-refractivity contribution in [2.75, 3.05) is 12.4 Å². The standard InChI is InChI=1S/C5H7ClN2S.2C2H6/c1-3-4(7-2)8-5(6)9-3;2*1-2/h7H,1-2H3;2*1-2H3. The van der Waals surface area contributed by atoms with E-state index in [1.54, 1.807) is 0 Å². The van der Waals surface area contributed by atoms with Crippen molar-refractivity contribution in [3.05, 3.63) is 9.34 Å². The highest BCUT2D eigenvalue weighted by Gasteiger charge is 2.01. The van der Waals surface area contributed by atoms with Crippen LogP contribution in [0.2, 0.25) is 4.47 Å². The maximum Gasteiger partial charge on any atom is 0.185 e. The number of aromatic nitrogens is 1. The number of hydrogen-bond donors (Lipinski definition) is 1. The lowest BCUT2D eigenvalue weighted by atomic mass is 10.5. The molecule has 0 fully saturated rings. The van der Waals surface area contributed by atoms with E-state index in [1.165, 1.54) is 11.3 Å². The van der Waals surface area contributed by atoms with Crippen molar-refractivity contribution < 1.29 is 0 Å².